The minimum Gasteiger partial charge on any atom is -0.411 e. The fraction of sp³-hybridized carbons (Fsp3) is 0.667. The van der Waals surface area contributed by atoms with E-state index in [0.717, 1.165) is 43.9 Å². The quantitative estimate of drug-likeness (QED) is 0.559. The predicted molar refractivity (Wildman–Crippen MR) is 54.7 cm³/mol. The maximum atomic E-state index is 8.61. The molecule has 0 amide bonds. The molecular weight excluding hydrogens is 194 g/mol. The number of piperidine rings is 1. The van der Waals surface area contributed by atoms with Crippen LogP contribution in [0.3, 0.4) is 0 Å². The van der Waals surface area contributed by atoms with E-state index in [1.54, 1.807) is 4.68 Å². The van der Waals surface area contributed by atoms with Crippen molar-refractivity contribution in [3.63, 3.8) is 0 Å². The fourth-order valence-electron chi connectivity index (χ4n) is 1.77. The maximum absolute atomic E-state index is 8.61. The van der Waals surface area contributed by atoms with Gasteiger partial charge in [-0.25, -0.2) is 0 Å². The third-order valence-corrected chi connectivity index (χ3v) is 2.61. The van der Waals surface area contributed by atoms with E-state index in [1.807, 2.05) is 13.2 Å². The fourth-order valence-corrected chi connectivity index (χ4v) is 1.77. The molecule has 82 valence electrons. The van der Waals surface area contributed by atoms with Crippen LogP contribution < -0.4 is 0 Å². The highest BCUT2D eigenvalue weighted by Crippen LogP contribution is 2.09. The average molecular weight is 209 g/mol. The number of oxime groups is 1. The Morgan fingerprint density at radius 3 is 2.73 bits per heavy atom. The van der Waals surface area contributed by atoms with E-state index in [0.29, 0.717) is 0 Å². The normalized spacial score (nSPS) is 18.1. The first-order chi connectivity index (χ1) is 7.28. The van der Waals surface area contributed by atoms with Gasteiger partial charge in [0.25, 0.3) is 0 Å². The summed E-state index contributed by atoms with van der Waals surface area (Å²) in [7, 11) is 1.86. The van der Waals surface area contributed by atoms with E-state index in [-0.39, 0.29) is 0 Å². The molecule has 1 aromatic heterocycles. The summed E-state index contributed by atoms with van der Waals surface area (Å²) in [5.74, 6) is 0. The molecule has 2 heterocycles. The predicted octanol–water partition coefficient (Wildman–Crippen LogP) is 0.241. The van der Waals surface area contributed by atoms with E-state index >= 15 is 0 Å². The van der Waals surface area contributed by atoms with Crippen LogP contribution in [0.2, 0.25) is 0 Å². The first kappa shape index (κ1) is 10.1. The Morgan fingerprint density at radius 2 is 2.20 bits per heavy atom. The Morgan fingerprint density at radius 1 is 1.47 bits per heavy atom. The number of aryl methyl sites for hydroxylation is 1. The minimum absolute atomic E-state index is 0.826. The van der Waals surface area contributed by atoms with Crippen molar-refractivity contribution < 1.29 is 5.21 Å². The SMILES string of the molecule is Cn1cc(CN2CCC(=NO)CC2)nn1. The molecule has 0 aromatic carbocycles. The van der Waals surface area contributed by atoms with Gasteiger partial charge in [0.2, 0.25) is 0 Å². The van der Waals surface area contributed by atoms with Crippen LogP contribution in [-0.2, 0) is 13.6 Å². The number of aromatic nitrogens is 3. The molecule has 1 aliphatic rings. The summed E-state index contributed by atoms with van der Waals surface area (Å²) < 4.78 is 1.71. The molecule has 1 saturated heterocycles. The highest BCUT2D eigenvalue weighted by molar-refractivity contribution is 5.84. The maximum Gasteiger partial charge on any atom is 0.0967 e. The van der Waals surface area contributed by atoms with Crippen molar-refractivity contribution >= 4 is 5.71 Å². The zero-order chi connectivity index (χ0) is 10.7. The molecule has 1 aromatic rings. The van der Waals surface area contributed by atoms with Gasteiger partial charge in [-0.2, -0.15) is 0 Å². The van der Waals surface area contributed by atoms with Gasteiger partial charge in [0.15, 0.2) is 0 Å². The van der Waals surface area contributed by atoms with E-state index in [1.165, 1.54) is 0 Å². The van der Waals surface area contributed by atoms with E-state index in [2.05, 4.69) is 20.4 Å². The topological polar surface area (TPSA) is 66.5 Å². The van der Waals surface area contributed by atoms with Crippen LogP contribution in [0, 0.1) is 0 Å². The molecule has 0 spiro atoms. The van der Waals surface area contributed by atoms with Gasteiger partial charge in [-0.15, -0.1) is 5.10 Å². The third kappa shape index (κ3) is 2.53. The van der Waals surface area contributed by atoms with Crippen molar-refractivity contribution in [2.75, 3.05) is 13.1 Å². The molecule has 0 radical (unpaired) electrons. The van der Waals surface area contributed by atoms with Gasteiger partial charge in [-0.1, -0.05) is 10.4 Å². The first-order valence-corrected chi connectivity index (χ1v) is 5.05. The molecule has 6 nitrogen and oxygen atoms in total. The smallest absolute Gasteiger partial charge is 0.0967 e. The number of rotatable bonds is 2. The van der Waals surface area contributed by atoms with Gasteiger partial charge in [-0.3, -0.25) is 9.58 Å². The number of nitrogens with zero attached hydrogens (tertiary/aromatic N) is 5. The van der Waals surface area contributed by atoms with E-state index < -0.39 is 0 Å². The summed E-state index contributed by atoms with van der Waals surface area (Å²) >= 11 is 0. The van der Waals surface area contributed by atoms with Crippen LogP contribution >= 0.6 is 0 Å². The molecular formula is C9H15N5O. The molecule has 0 aliphatic carbocycles. The highest BCUT2D eigenvalue weighted by atomic mass is 16.4. The average Bonchev–Trinajstić information content (AvgIpc) is 2.65. The van der Waals surface area contributed by atoms with Crippen LogP contribution in [0.4, 0.5) is 0 Å². The monoisotopic (exact) mass is 209 g/mol. The number of hydrogen-bond acceptors (Lipinski definition) is 5. The van der Waals surface area contributed by atoms with Crippen molar-refractivity contribution in [3.05, 3.63) is 11.9 Å². The summed E-state index contributed by atoms with van der Waals surface area (Å²) in [6.45, 7) is 2.68. The molecule has 0 bridgehead atoms. The molecule has 1 N–H and O–H groups in total. The largest absolute Gasteiger partial charge is 0.411 e. The van der Waals surface area contributed by atoms with Gasteiger partial charge in [0, 0.05) is 45.7 Å². The van der Waals surface area contributed by atoms with Gasteiger partial charge in [-0.05, 0) is 0 Å². The Kier molecular flexibility index (Phi) is 2.96. The molecule has 0 unspecified atom stereocenters. The van der Waals surface area contributed by atoms with Crippen LogP contribution in [-0.4, -0.2) is 43.9 Å². The Labute approximate surface area is 88.2 Å². The molecule has 0 atom stereocenters. The minimum atomic E-state index is 0.826. The van der Waals surface area contributed by atoms with E-state index in [9.17, 15) is 0 Å². The molecule has 0 saturated carbocycles. The third-order valence-electron chi connectivity index (χ3n) is 2.61. The summed E-state index contributed by atoms with van der Waals surface area (Å²) in [6.07, 6.45) is 3.61. The molecule has 1 aliphatic heterocycles. The lowest BCUT2D eigenvalue weighted by molar-refractivity contribution is 0.253. The Hall–Kier alpha value is -1.43. The molecule has 1 fully saturated rings. The van der Waals surface area contributed by atoms with Gasteiger partial charge in [0.1, 0.15) is 0 Å². The van der Waals surface area contributed by atoms with Crippen LogP contribution in [0.5, 0.6) is 0 Å². The second kappa shape index (κ2) is 4.39. The second-order valence-corrected chi connectivity index (χ2v) is 3.83. The van der Waals surface area contributed by atoms with Crippen molar-refractivity contribution in [1.29, 1.82) is 0 Å². The van der Waals surface area contributed by atoms with Gasteiger partial charge >= 0.3 is 0 Å². The zero-order valence-corrected chi connectivity index (χ0v) is 8.80. The van der Waals surface area contributed by atoms with Crippen LogP contribution in [0.25, 0.3) is 0 Å². The highest BCUT2D eigenvalue weighted by Gasteiger charge is 2.16. The number of hydrogen-bond donors (Lipinski definition) is 1. The lowest BCUT2D eigenvalue weighted by atomic mass is 10.1. The summed E-state index contributed by atoms with van der Waals surface area (Å²) in [5.41, 5.74) is 1.88. The standard InChI is InChI=1S/C9H15N5O/c1-13-6-9(10-12-13)7-14-4-2-8(11-15)3-5-14/h6,15H,2-5,7H2,1H3. The summed E-state index contributed by atoms with van der Waals surface area (Å²) in [6, 6.07) is 0. The molecule has 2 rings (SSSR count). The first-order valence-electron chi connectivity index (χ1n) is 5.05. The lowest BCUT2D eigenvalue weighted by Gasteiger charge is -2.25. The van der Waals surface area contributed by atoms with E-state index in [4.69, 9.17) is 5.21 Å². The molecule has 6 heteroatoms. The summed E-state index contributed by atoms with van der Waals surface area (Å²) in [5, 5.41) is 19.8. The van der Waals surface area contributed by atoms with Crippen molar-refractivity contribution in [3.8, 4) is 0 Å². The van der Waals surface area contributed by atoms with Crippen molar-refractivity contribution in [2.24, 2.45) is 12.2 Å². The van der Waals surface area contributed by atoms with Crippen molar-refractivity contribution in [1.82, 2.24) is 19.9 Å². The Balaban J connectivity index is 1.87. The Bertz CT molecular complexity index is 349. The van der Waals surface area contributed by atoms with Gasteiger partial charge in [0.05, 0.1) is 11.4 Å². The number of likely N-dealkylation sites (tertiary alicyclic amines) is 1. The zero-order valence-electron chi connectivity index (χ0n) is 8.80. The second-order valence-electron chi connectivity index (χ2n) is 3.83. The lowest BCUT2D eigenvalue weighted by Crippen LogP contribution is -2.33. The van der Waals surface area contributed by atoms with Crippen molar-refractivity contribution in [2.45, 2.75) is 19.4 Å². The molecule has 15 heavy (non-hydrogen) atoms. The van der Waals surface area contributed by atoms with Crippen LogP contribution in [0.1, 0.15) is 18.5 Å². The summed E-state index contributed by atoms with van der Waals surface area (Å²) in [4.78, 5) is 2.29. The van der Waals surface area contributed by atoms with Crippen LogP contribution in [0.15, 0.2) is 11.4 Å². The van der Waals surface area contributed by atoms with Gasteiger partial charge < -0.3 is 5.21 Å².